The molecule has 0 fully saturated rings. The molecule has 0 aliphatic carbocycles. The van der Waals surface area contributed by atoms with Crippen LogP contribution in [0, 0.1) is 0 Å². The third-order valence-corrected chi connectivity index (χ3v) is 8.74. The molecule has 4 heteroatoms. The van der Waals surface area contributed by atoms with Gasteiger partial charge in [-0.2, -0.15) is 0 Å². The summed E-state index contributed by atoms with van der Waals surface area (Å²) in [4.78, 5) is 0. The molecule has 19 heavy (non-hydrogen) atoms. The third-order valence-electron chi connectivity index (χ3n) is 3.92. The maximum atomic E-state index is 9.67. The van der Waals surface area contributed by atoms with Gasteiger partial charge < -0.3 is 9.53 Å². The molecular weight excluding hydrogens is 276 g/mol. The fourth-order valence-electron chi connectivity index (χ4n) is 1.48. The summed E-state index contributed by atoms with van der Waals surface area (Å²) in [6.45, 7) is 13.4. The summed E-state index contributed by atoms with van der Waals surface area (Å²) in [5.41, 5.74) is 1.82. The van der Waals surface area contributed by atoms with Crippen LogP contribution in [0.25, 0.3) is 0 Å². The molecule has 1 rings (SSSR count). The third kappa shape index (κ3) is 4.31. The van der Waals surface area contributed by atoms with Crippen LogP contribution in [0.15, 0.2) is 18.2 Å². The van der Waals surface area contributed by atoms with Crippen molar-refractivity contribution in [2.24, 2.45) is 0 Å². The molecule has 0 heterocycles. The Morgan fingerprint density at radius 3 is 2.37 bits per heavy atom. The molecular formula is C15H25ClO2Si. The van der Waals surface area contributed by atoms with Crippen molar-refractivity contribution in [3.8, 4) is 0 Å². The summed E-state index contributed by atoms with van der Waals surface area (Å²) in [5.74, 6) is 0. The molecule has 0 spiro atoms. The second-order valence-corrected chi connectivity index (χ2v) is 11.8. The Kier molecular flexibility index (Phi) is 5.24. The summed E-state index contributed by atoms with van der Waals surface area (Å²) >= 11 is 6.06. The van der Waals surface area contributed by atoms with Crippen molar-refractivity contribution in [2.75, 3.05) is 0 Å². The Morgan fingerprint density at radius 1 is 1.32 bits per heavy atom. The molecule has 1 aromatic rings. The van der Waals surface area contributed by atoms with E-state index < -0.39 is 14.4 Å². The van der Waals surface area contributed by atoms with Gasteiger partial charge in [0.2, 0.25) is 0 Å². The van der Waals surface area contributed by atoms with E-state index in [-0.39, 0.29) is 5.04 Å². The number of aliphatic hydroxyl groups excluding tert-OH is 1. The minimum absolute atomic E-state index is 0.201. The van der Waals surface area contributed by atoms with Crippen LogP contribution in [0.4, 0.5) is 0 Å². The highest BCUT2D eigenvalue weighted by Crippen LogP contribution is 2.37. The minimum atomic E-state index is -1.74. The Hall–Kier alpha value is -0.353. The van der Waals surface area contributed by atoms with Crippen LogP contribution in [0.3, 0.4) is 0 Å². The van der Waals surface area contributed by atoms with Gasteiger partial charge >= 0.3 is 0 Å². The summed E-state index contributed by atoms with van der Waals surface area (Å²) in [6, 6.07) is 5.72. The molecule has 0 saturated carbocycles. The van der Waals surface area contributed by atoms with Crippen molar-refractivity contribution in [3.63, 3.8) is 0 Å². The van der Waals surface area contributed by atoms with Crippen molar-refractivity contribution in [3.05, 3.63) is 34.3 Å². The molecule has 0 bridgehead atoms. The Labute approximate surface area is 122 Å². The topological polar surface area (TPSA) is 29.5 Å². The van der Waals surface area contributed by atoms with Gasteiger partial charge in [0, 0.05) is 5.02 Å². The molecule has 108 valence electrons. The van der Waals surface area contributed by atoms with Crippen LogP contribution in [-0.2, 0) is 11.0 Å². The van der Waals surface area contributed by atoms with Crippen LogP contribution in [0.2, 0.25) is 23.2 Å². The maximum absolute atomic E-state index is 9.67. The van der Waals surface area contributed by atoms with Crippen molar-refractivity contribution in [1.82, 2.24) is 0 Å². The Bertz CT molecular complexity index is 436. The molecule has 2 nitrogen and oxygen atoms in total. The molecule has 1 unspecified atom stereocenters. The molecule has 1 N–H and O–H groups in total. The van der Waals surface area contributed by atoms with Gasteiger partial charge in [0.15, 0.2) is 8.32 Å². The number of hydrogen-bond donors (Lipinski definition) is 1. The monoisotopic (exact) mass is 300 g/mol. The fraction of sp³-hybridized carbons (Fsp3) is 0.600. The average Bonchev–Trinajstić information content (AvgIpc) is 2.26. The predicted octanol–water partition coefficient (Wildman–Crippen LogP) is 4.92. The van der Waals surface area contributed by atoms with E-state index in [2.05, 4.69) is 33.9 Å². The quantitative estimate of drug-likeness (QED) is 0.800. The maximum Gasteiger partial charge on any atom is 0.192 e. The van der Waals surface area contributed by atoms with Gasteiger partial charge in [-0.1, -0.05) is 38.4 Å². The first-order chi connectivity index (χ1) is 8.54. The van der Waals surface area contributed by atoms with Gasteiger partial charge in [-0.15, -0.1) is 0 Å². The highest BCUT2D eigenvalue weighted by molar-refractivity contribution is 6.74. The van der Waals surface area contributed by atoms with Crippen LogP contribution < -0.4 is 0 Å². The number of hydrogen-bond acceptors (Lipinski definition) is 2. The highest BCUT2D eigenvalue weighted by Gasteiger charge is 2.37. The van der Waals surface area contributed by atoms with Gasteiger partial charge in [-0.3, -0.25) is 0 Å². The van der Waals surface area contributed by atoms with Crippen LogP contribution in [-0.4, -0.2) is 13.4 Å². The Morgan fingerprint density at radius 2 is 1.89 bits per heavy atom. The van der Waals surface area contributed by atoms with Crippen molar-refractivity contribution in [1.29, 1.82) is 0 Å². The summed E-state index contributed by atoms with van der Waals surface area (Å²) in [7, 11) is -1.74. The van der Waals surface area contributed by atoms with E-state index >= 15 is 0 Å². The first-order valence-corrected chi connectivity index (χ1v) is 9.93. The molecule has 0 aliphatic heterocycles. The average molecular weight is 301 g/mol. The van der Waals surface area contributed by atoms with E-state index in [1.54, 1.807) is 6.92 Å². The molecule has 0 aromatic heterocycles. The number of halogens is 1. The summed E-state index contributed by atoms with van der Waals surface area (Å²) in [5, 5.41) is 10.5. The summed E-state index contributed by atoms with van der Waals surface area (Å²) < 4.78 is 6.17. The standard InChI is InChI=1S/C15H25ClO2Si/c1-11(17)13-9-12(7-8-14(13)16)10-18-19(5,6)15(2,3)4/h7-9,11,17H,10H2,1-6H3. The van der Waals surface area contributed by atoms with E-state index in [1.807, 2.05) is 18.2 Å². The van der Waals surface area contributed by atoms with E-state index in [9.17, 15) is 5.11 Å². The largest absolute Gasteiger partial charge is 0.413 e. The lowest BCUT2D eigenvalue weighted by Crippen LogP contribution is -2.40. The molecule has 0 saturated heterocycles. The molecule has 0 amide bonds. The van der Waals surface area contributed by atoms with E-state index in [0.29, 0.717) is 11.6 Å². The first kappa shape index (κ1) is 16.7. The molecule has 0 radical (unpaired) electrons. The van der Waals surface area contributed by atoms with Gasteiger partial charge in [-0.25, -0.2) is 0 Å². The lowest BCUT2D eigenvalue weighted by Gasteiger charge is -2.36. The molecule has 1 atom stereocenters. The zero-order chi connectivity index (χ0) is 14.8. The van der Waals surface area contributed by atoms with Gasteiger partial charge in [0.1, 0.15) is 0 Å². The minimum Gasteiger partial charge on any atom is -0.413 e. The lowest BCUT2D eigenvalue weighted by atomic mass is 10.1. The molecule has 1 aromatic carbocycles. The summed E-state index contributed by atoms with van der Waals surface area (Å²) in [6.07, 6.45) is -0.555. The van der Waals surface area contributed by atoms with Gasteiger partial charge in [0.05, 0.1) is 12.7 Å². The number of benzene rings is 1. The first-order valence-electron chi connectivity index (χ1n) is 6.65. The second kappa shape index (κ2) is 5.96. The van der Waals surface area contributed by atoms with Crippen molar-refractivity contribution >= 4 is 19.9 Å². The number of rotatable bonds is 4. The van der Waals surface area contributed by atoms with Gasteiger partial charge in [0.25, 0.3) is 0 Å². The number of aliphatic hydroxyl groups is 1. The zero-order valence-electron chi connectivity index (χ0n) is 12.7. The predicted molar refractivity (Wildman–Crippen MR) is 84.1 cm³/mol. The van der Waals surface area contributed by atoms with Crippen molar-refractivity contribution in [2.45, 2.75) is 58.5 Å². The highest BCUT2D eigenvalue weighted by atomic mass is 35.5. The normalized spacial score (nSPS) is 14.5. The van der Waals surface area contributed by atoms with Crippen LogP contribution in [0.5, 0.6) is 0 Å². The van der Waals surface area contributed by atoms with Crippen LogP contribution in [0.1, 0.15) is 44.9 Å². The SMILES string of the molecule is CC(O)c1cc(CO[Si](C)(C)C(C)(C)C)ccc1Cl. The van der Waals surface area contributed by atoms with E-state index in [4.69, 9.17) is 16.0 Å². The lowest BCUT2D eigenvalue weighted by molar-refractivity contribution is 0.199. The second-order valence-electron chi connectivity index (χ2n) is 6.58. The van der Waals surface area contributed by atoms with Gasteiger partial charge in [-0.05, 0) is 48.3 Å². The van der Waals surface area contributed by atoms with Crippen LogP contribution >= 0.6 is 11.6 Å². The zero-order valence-corrected chi connectivity index (χ0v) is 14.5. The fourth-order valence-corrected chi connectivity index (χ4v) is 2.72. The molecule has 0 aliphatic rings. The smallest absolute Gasteiger partial charge is 0.192 e. The Balaban J connectivity index is 2.82. The van der Waals surface area contributed by atoms with E-state index in [1.165, 1.54) is 0 Å². The van der Waals surface area contributed by atoms with Crippen molar-refractivity contribution < 1.29 is 9.53 Å². The van der Waals surface area contributed by atoms with E-state index in [0.717, 1.165) is 11.1 Å².